The summed E-state index contributed by atoms with van der Waals surface area (Å²) in [4.78, 5) is 8.92. The van der Waals surface area contributed by atoms with Gasteiger partial charge in [0.25, 0.3) is 10.0 Å². The van der Waals surface area contributed by atoms with Crippen LogP contribution in [0.25, 0.3) is 33.3 Å². The predicted octanol–water partition coefficient (Wildman–Crippen LogP) is 6.06. The Bertz CT molecular complexity index is 1440. The molecule has 39 heavy (non-hydrogen) atoms. The normalized spacial score (nSPS) is 11.5. The fourth-order valence-corrected chi connectivity index (χ4v) is 5.92. The number of para-hydroxylation sites is 1. The molecule has 0 spiro atoms. The van der Waals surface area contributed by atoms with Gasteiger partial charge >= 0.3 is 10.1 Å². The summed E-state index contributed by atoms with van der Waals surface area (Å²) >= 11 is 3.15. The summed E-state index contributed by atoms with van der Waals surface area (Å²) in [6.07, 6.45) is 15.1. The number of allylic oxidation sites excluding steroid dienone is 4. The zero-order valence-corrected chi connectivity index (χ0v) is 23.9. The Labute approximate surface area is 240 Å². The number of benzene rings is 2. The van der Waals surface area contributed by atoms with Gasteiger partial charge in [0.05, 0.1) is 22.5 Å². The van der Waals surface area contributed by atoms with Crippen molar-refractivity contribution >= 4 is 44.9 Å². The van der Waals surface area contributed by atoms with Crippen LogP contribution in [0.5, 0.6) is 11.5 Å². The van der Waals surface area contributed by atoms with E-state index < -0.39 is 0 Å². The average molecular weight is 562 g/mol. The summed E-state index contributed by atoms with van der Waals surface area (Å²) in [7, 11) is 0.500. The van der Waals surface area contributed by atoms with Crippen molar-refractivity contribution in [2.75, 3.05) is 7.18 Å². The number of nitrogens with one attached hydrogen (secondary N) is 2. The van der Waals surface area contributed by atoms with Gasteiger partial charge in [-0.25, -0.2) is 4.39 Å². The summed E-state index contributed by atoms with van der Waals surface area (Å²) in [5, 5.41) is 25.2. The van der Waals surface area contributed by atoms with E-state index in [-0.39, 0.29) is 27.4 Å². The molecule has 198 valence electrons. The summed E-state index contributed by atoms with van der Waals surface area (Å²) < 4.78 is 22.8. The van der Waals surface area contributed by atoms with Crippen LogP contribution in [-0.2, 0) is 12.8 Å². The van der Waals surface area contributed by atoms with Crippen LogP contribution < -0.4 is 20.2 Å². The number of rotatable bonds is 5. The number of aromatic nitrogens is 2. The Kier molecular flexibility index (Phi) is 12.9. The van der Waals surface area contributed by atoms with E-state index in [0.717, 1.165) is 51.1 Å². The van der Waals surface area contributed by atoms with Crippen molar-refractivity contribution < 1.29 is 29.0 Å². The Hall–Kier alpha value is -3.45. The third kappa shape index (κ3) is 8.26. The van der Waals surface area contributed by atoms with Crippen LogP contribution in [0.1, 0.15) is 41.4 Å². The first-order valence-electron chi connectivity index (χ1n) is 12.2. The molecule has 0 atom stereocenters. The Balaban J connectivity index is 0.000000252. The fraction of sp³-hybridized carbons (Fsp3) is 0.200. The molecule has 0 saturated carbocycles. The predicted molar refractivity (Wildman–Crippen MR) is 155 cm³/mol. The number of thiazole rings is 2. The largest absolute Gasteiger partial charge is 2.00 e. The monoisotopic (exact) mass is 561 g/mol. The van der Waals surface area contributed by atoms with E-state index in [2.05, 4.69) is 36.0 Å². The van der Waals surface area contributed by atoms with Crippen LogP contribution in [0.15, 0.2) is 66.8 Å². The van der Waals surface area contributed by atoms with E-state index in [1.165, 1.54) is 34.4 Å². The molecule has 0 radical (unpaired) electrons. The number of hydrogen-bond donors (Lipinski definition) is 0. The van der Waals surface area contributed by atoms with Gasteiger partial charge in [0, 0.05) is 24.5 Å². The van der Waals surface area contributed by atoms with Crippen molar-refractivity contribution in [1.29, 1.82) is 0 Å². The zero-order chi connectivity index (χ0) is 27.5. The molecular weight excluding hydrogens is 531 g/mol. The molecule has 2 aromatic carbocycles. The molecule has 0 saturated heterocycles. The van der Waals surface area contributed by atoms with Crippen molar-refractivity contribution in [1.82, 2.24) is 0 Å². The van der Waals surface area contributed by atoms with Gasteiger partial charge in [-0.1, -0.05) is 96.6 Å². The molecule has 5 rings (SSSR count). The molecule has 9 heteroatoms. The maximum absolute atomic E-state index is 13.3. The van der Waals surface area contributed by atoms with Gasteiger partial charge < -0.3 is 10.2 Å². The van der Waals surface area contributed by atoms with Crippen molar-refractivity contribution in [3.63, 3.8) is 0 Å². The van der Waals surface area contributed by atoms with E-state index >= 15 is 0 Å². The standard InChI is InChI=1S/C15H16FNOS.C14H11NOS.CH3F.Be/c1-3-5-6-14-12(4-2)17-15(19-14)11-9-10(16)7-8-13(11)18;16-12-8-5-4-6-10(12)14-15-11-7-2-1-3-9-13(11)17-14;1-2;/h5-9,18H,3-4H2,1-2H3;1-8,16H,9H2;1H3;/q;;;+2/b6-5-;;;. The molecule has 0 fully saturated rings. The van der Waals surface area contributed by atoms with Crippen molar-refractivity contribution in [3.8, 4) is 32.6 Å². The van der Waals surface area contributed by atoms with Gasteiger partial charge in [0.15, 0.2) is 5.69 Å². The van der Waals surface area contributed by atoms with E-state index in [9.17, 15) is 19.0 Å². The first kappa shape index (κ1) is 31.8. The Morgan fingerprint density at radius 3 is 2.36 bits per heavy atom. The molecule has 2 heterocycles. The van der Waals surface area contributed by atoms with Gasteiger partial charge in [-0.3, -0.25) is 4.39 Å². The zero-order valence-electron chi connectivity index (χ0n) is 22.2. The average Bonchev–Trinajstić information content (AvgIpc) is 3.47. The minimum Gasteiger partial charge on any atom is -0.872 e. The summed E-state index contributed by atoms with van der Waals surface area (Å²) in [6.45, 7) is 4.12. The molecule has 1 aliphatic carbocycles. The number of alkyl halides is 1. The Morgan fingerprint density at radius 1 is 0.923 bits per heavy atom. The van der Waals surface area contributed by atoms with Gasteiger partial charge in [-0.15, -0.1) is 0 Å². The molecular formula is C30H30BeF2N2O2S2+2. The first-order chi connectivity index (χ1) is 18.5. The SMILES string of the molecule is CC/C=C\c1sc(-c2cc(F)ccc2[O-])[nH+]c1CC.CF.[Be+2].[O-]c1ccccc1-c1[nH+]c2c(s1)CC=CC=C2. The maximum Gasteiger partial charge on any atom is 2.00 e. The van der Waals surface area contributed by atoms with E-state index in [0.29, 0.717) is 12.7 Å². The van der Waals surface area contributed by atoms with E-state index in [4.69, 9.17) is 0 Å². The van der Waals surface area contributed by atoms with Crippen LogP contribution in [0.3, 0.4) is 0 Å². The van der Waals surface area contributed by atoms with Crippen LogP contribution >= 0.6 is 22.7 Å². The summed E-state index contributed by atoms with van der Waals surface area (Å²) in [5.41, 5.74) is 3.34. The maximum atomic E-state index is 13.3. The van der Waals surface area contributed by atoms with Crippen molar-refractivity contribution in [3.05, 3.63) is 93.7 Å². The van der Waals surface area contributed by atoms with Gasteiger partial charge in [0.2, 0.25) is 5.69 Å². The third-order valence-corrected chi connectivity index (χ3v) is 7.83. The van der Waals surface area contributed by atoms with Crippen molar-refractivity contribution in [2.24, 2.45) is 0 Å². The van der Waals surface area contributed by atoms with Crippen LogP contribution in [0.2, 0.25) is 0 Å². The number of H-pyrrole nitrogens is 2. The molecule has 4 aromatic rings. The minimum atomic E-state index is -0.389. The second-order valence-corrected chi connectivity index (χ2v) is 10.2. The summed E-state index contributed by atoms with van der Waals surface area (Å²) in [5.74, 6) is -0.479. The molecule has 2 N–H and O–H groups in total. The molecule has 2 aromatic heterocycles. The fourth-order valence-electron chi connectivity index (χ4n) is 3.68. The third-order valence-electron chi connectivity index (χ3n) is 5.54. The number of aromatic amines is 2. The summed E-state index contributed by atoms with van der Waals surface area (Å²) in [6, 6.07) is 10.9. The number of fused-ring (bicyclic) bond motifs is 1. The van der Waals surface area contributed by atoms with Gasteiger partial charge in [-0.05, 0) is 30.7 Å². The smallest absolute Gasteiger partial charge is 0.872 e. The Morgan fingerprint density at radius 2 is 1.64 bits per heavy atom. The molecule has 0 aliphatic heterocycles. The molecule has 0 amide bonds. The van der Waals surface area contributed by atoms with Crippen molar-refractivity contribution in [2.45, 2.75) is 33.1 Å². The van der Waals surface area contributed by atoms with E-state index in [1.54, 1.807) is 23.5 Å². The number of aryl methyl sites for hydroxylation is 1. The van der Waals surface area contributed by atoms with E-state index in [1.807, 2.05) is 36.4 Å². The quantitative estimate of drug-likeness (QED) is 0.278. The number of hydrogen-bond acceptors (Lipinski definition) is 4. The van der Waals surface area contributed by atoms with Crippen LogP contribution in [0.4, 0.5) is 8.78 Å². The molecule has 4 nitrogen and oxygen atoms in total. The second kappa shape index (κ2) is 15.8. The molecule has 0 bridgehead atoms. The molecule has 1 aliphatic rings. The topological polar surface area (TPSA) is 74.4 Å². The second-order valence-electron chi connectivity index (χ2n) is 8.08. The van der Waals surface area contributed by atoms with Gasteiger partial charge in [-0.2, -0.15) is 9.97 Å². The molecule has 0 unspecified atom stereocenters. The minimum absolute atomic E-state index is 0. The van der Waals surface area contributed by atoms with Crippen LogP contribution in [0, 0.1) is 5.82 Å². The van der Waals surface area contributed by atoms with Crippen LogP contribution in [-0.4, -0.2) is 17.3 Å². The first-order valence-corrected chi connectivity index (χ1v) is 13.8. The van der Waals surface area contributed by atoms with Gasteiger partial charge in [0.1, 0.15) is 5.82 Å². The number of halogens is 2.